The summed E-state index contributed by atoms with van der Waals surface area (Å²) < 4.78 is 4.96. The molecule has 324 valence electrons. The maximum Gasteiger partial charge on any atom is 0.165 e. The summed E-state index contributed by atoms with van der Waals surface area (Å²) in [5.74, 6) is 6.74. The van der Waals surface area contributed by atoms with Crippen LogP contribution in [0.2, 0.25) is 0 Å². The van der Waals surface area contributed by atoms with Crippen molar-refractivity contribution in [3.8, 4) is 40.0 Å². The molecule has 3 heterocycles. The van der Waals surface area contributed by atoms with E-state index in [0.29, 0.717) is 5.56 Å². The first-order valence-electron chi connectivity index (χ1n) is 24.9. The lowest BCUT2D eigenvalue weighted by Gasteiger charge is -2.56. The molecule has 0 radical (unpaired) electrons. The lowest BCUT2D eigenvalue weighted by Crippen LogP contribution is -2.49. The summed E-state index contributed by atoms with van der Waals surface area (Å²) >= 11 is 0. The second-order valence-corrected chi connectivity index (χ2v) is 21.4. The number of benzene rings is 6. The zero-order valence-electron chi connectivity index (χ0n) is 37.8. The quantitative estimate of drug-likeness (QED) is 0.160. The molecule has 9 aromatic rings. The fourth-order valence-corrected chi connectivity index (χ4v) is 15.2. The van der Waals surface area contributed by atoms with Crippen molar-refractivity contribution in [1.82, 2.24) is 24.1 Å². The van der Waals surface area contributed by atoms with E-state index in [9.17, 15) is 5.26 Å². The Morgan fingerprint density at radius 1 is 0.561 bits per heavy atom. The lowest BCUT2D eigenvalue weighted by atomic mass is 9.49. The van der Waals surface area contributed by atoms with Crippen LogP contribution in [-0.2, 0) is 10.8 Å². The molecule has 6 bridgehead atoms. The minimum Gasteiger partial charge on any atom is -0.309 e. The van der Waals surface area contributed by atoms with Crippen LogP contribution in [0.4, 0.5) is 0 Å². The SMILES string of the molecule is CCC1(c2nc(-c3cc(-c4cccc(C#N)c4)ccc3-n3c4ccccc4c4ccc5c(c6ccccc6n5-c5ccccc5)c43)nc(C34CC5CC(CC(C5)C3)C4)n2)CC2CCC(C2)C1. The minimum atomic E-state index is -0.0595. The van der Waals surface area contributed by atoms with E-state index in [0.717, 1.165) is 87.1 Å². The molecule has 66 heavy (non-hydrogen) atoms. The van der Waals surface area contributed by atoms with Crippen LogP contribution in [-0.4, -0.2) is 24.1 Å². The van der Waals surface area contributed by atoms with E-state index in [1.165, 1.54) is 109 Å². The van der Waals surface area contributed by atoms with Crippen LogP contribution >= 0.6 is 0 Å². The maximum atomic E-state index is 10.1. The lowest BCUT2D eigenvalue weighted by molar-refractivity contribution is -0.00978. The highest BCUT2D eigenvalue weighted by molar-refractivity contribution is 6.26. The second kappa shape index (κ2) is 14.5. The first-order chi connectivity index (χ1) is 32.5. The van der Waals surface area contributed by atoms with Gasteiger partial charge >= 0.3 is 0 Å². The summed E-state index contributed by atoms with van der Waals surface area (Å²) in [7, 11) is 0. The summed E-state index contributed by atoms with van der Waals surface area (Å²) in [4.78, 5) is 17.6. The Hall–Kier alpha value is -6.58. The van der Waals surface area contributed by atoms with Gasteiger partial charge < -0.3 is 9.13 Å². The third-order valence-electron chi connectivity index (χ3n) is 17.6. The number of hydrogen-bond acceptors (Lipinski definition) is 4. The fraction of sp³-hybridized carbons (Fsp3) is 0.333. The molecule has 6 saturated carbocycles. The highest BCUT2D eigenvalue weighted by Gasteiger charge is 2.54. The Morgan fingerprint density at radius 3 is 1.94 bits per heavy atom. The van der Waals surface area contributed by atoms with Crippen LogP contribution in [0.5, 0.6) is 0 Å². The van der Waals surface area contributed by atoms with E-state index >= 15 is 0 Å². The van der Waals surface area contributed by atoms with Crippen molar-refractivity contribution >= 4 is 43.6 Å². The van der Waals surface area contributed by atoms with Gasteiger partial charge in [0.15, 0.2) is 5.82 Å². The van der Waals surface area contributed by atoms with Crippen molar-refractivity contribution in [3.05, 3.63) is 151 Å². The van der Waals surface area contributed by atoms with E-state index in [2.05, 4.69) is 137 Å². The Kier molecular flexibility index (Phi) is 8.47. The van der Waals surface area contributed by atoms with E-state index in [4.69, 9.17) is 15.0 Å². The van der Waals surface area contributed by atoms with Crippen LogP contribution in [0.1, 0.15) is 101 Å². The Bertz CT molecular complexity index is 3410. The van der Waals surface area contributed by atoms with Crippen molar-refractivity contribution in [2.75, 3.05) is 0 Å². The van der Waals surface area contributed by atoms with Crippen molar-refractivity contribution in [2.24, 2.45) is 29.6 Å². The third-order valence-corrected chi connectivity index (χ3v) is 17.6. The zero-order chi connectivity index (χ0) is 43.7. The zero-order valence-corrected chi connectivity index (χ0v) is 37.8. The molecule has 6 heteroatoms. The van der Waals surface area contributed by atoms with Gasteiger partial charge in [-0.1, -0.05) is 98.6 Å². The maximum absolute atomic E-state index is 10.1. The molecule has 6 aliphatic carbocycles. The Morgan fingerprint density at radius 2 is 1.21 bits per heavy atom. The van der Waals surface area contributed by atoms with Crippen molar-refractivity contribution in [3.63, 3.8) is 0 Å². The highest BCUT2D eigenvalue weighted by Crippen LogP contribution is 2.61. The molecule has 0 amide bonds. The molecular formula is C60H54N6. The monoisotopic (exact) mass is 858 g/mol. The van der Waals surface area contributed by atoms with Gasteiger partial charge in [-0.25, -0.2) is 15.0 Å². The van der Waals surface area contributed by atoms with E-state index in [1.807, 2.05) is 18.2 Å². The summed E-state index contributed by atoms with van der Waals surface area (Å²) in [5.41, 5.74) is 10.6. The van der Waals surface area contributed by atoms with Gasteiger partial charge in [0, 0.05) is 43.6 Å². The summed E-state index contributed by atoms with van der Waals surface area (Å²) in [5, 5.41) is 14.9. The molecule has 6 fully saturated rings. The number of rotatable bonds is 7. The van der Waals surface area contributed by atoms with Crippen molar-refractivity contribution in [1.29, 1.82) is 5.26 Å². The largest absolute Gasteiger partial charge is 0.309 e. The van der Waals surface area contributed by atoms with Gasteiger partial charge in [0.25, 0.3) is 0 Å². The van der Waals surface area contributed by atoms with Gasteiger partial charge in [-0.2, -0.15) is 5.26 Å². The first-order valence-corrected chi connectivity index (χ1v) is 24.9. The number of aromatic nitrogens is 5. The minimum absolute atomic E-state index is 0.000937. The molecule has 6 aromatic carbocycles. The first kappa shape index (κ1) is 38.7. The molecule has 2 unspecified atom stereocenters. The molecule has 0 spiro atoms. The molecule has 15 rings (SSSR count). The van der Waals surface area contributed by atoms with Gasteiger partial charge in [-0.05, 0) is 160 Å². The summed E-state index contributed by atoms with van der Waals surface area (Å²) in [6.45, 7) is 2.40. The predicted molar refractivity (Wildman–Crippen MR) is 266 cm³/mol. The van der Waals surface area contributed by atoms with Crippen LogP contribution in [0.25, 0.3) is 77.5 Å². The average Bonchev–Trinajstić information content (AvgIpc) is 4.01. The molecule has 6 nitrogen and oxygen atoms in total. The number of hydrogen-bond donors (Lipinski definition) is 0. The average molecular weight is 859 g/mol. The number of nitriles is 1. The normalized spacial score (nSPS) is 26.5. The topological polar surface area (TPSA) is 72.3 Å². The fourth-order valence-electron chi connectivity index (χ4n) is 15.2. The number of fused-ring (bicyclic) bond motifs is 9. The smallest absolute Gasteiger partial charge is 0.165 e. The van der Waals surface area contributed by atoms with Crippen molar-refractivity contribution in [2.45, 2.75) is 94.8 Å². The van der Waals surface area contributed by atoms with E-state index in [1.54, 1.807) is 0 Å². The van der Waals surface area contributed by atoms with Gasteiger partial charge in [0.1, 0.15) is 11.6 Å². The van der Waals surface area contributed by atoms with Crippen LogP contribution in [0.15, 0.2) is 133 Å². The Labute approximate surface area is 386 Å². The molecular weight excluding hydrogens is 805 g/mol. The predicted octanol–water partition coefficient (Wildman–Crippen LogP) is 14.6. The number of nitrogens with zero attached hydrogens (tertiary/aromatic N) is 6. The molecule has 0 saturated heterocycles. The second-order valence-electron chi connectivity index (χ2n) is 21.4. The number of para-hydroxylation sites is 3. The molecule has 6 aliphatic rings. The molecule has 0 N–H and O–H groups in total. The molecule has 0 aliphatic heterocycles. The van der Waals surface area contributed by atoms with E-state index < -0.39 is 0 Å². The van der Waals surface area contributed by atoms with Crippen LogP contribution < -0.4 is 0 Å². The summed E-state index contributed by atoms with van der Waals surface area (Å²) in [6.07, 6.45) is 15.2. The summed E-state index contributed by atoms with van der Waals surface area (Å²) in [6, 6.07) is 50.6. The van der Waals surface area contributed by atoms with Gasteiger partial charge in [0.2, 0.25) is 0 Å². The van der Waals surface area contributed by atoms with E-state index in [-0.39, 0.29) is 10.8 Å². The molecule has 2 atom stereocenters. The van der Waals surface area contributed by atoms with Crippen LogP contribution in [0, 0.1) is 40.9 Å². The van der Waals surface area contributed by atoms with Gasteiger partial charge in [-0.3, -0.25) is 0 Å². The molecule has 3 aromatic heterocycles. The highest BCUT2D eigenvalue weighted by atomic mass is 15.1. The van der Waals surface area contributed by atoms with Gasteiger partial charge in [-0.15, -0.1) is 0 Å². The standard InChI is InChI=1S/C60H54N6/c1-2-59(31-37-19-20-38(25-37)32-59)57-62-56(63-58(64-57)60-33-40-26-41(34-60)28-42(27-40)35-60)49-30-44(43-12-10-11-39(29-43)36-61)21-23-52(49)66-50-17-8-6-15-46(50)47-22-24-53-54(55(47)66)48-16-7-9-18-51(48)65(53)45-13-4-3-5-14-45/h3-18,21-24,29-30,37-38,40-42H,2,19-20,25-28,31-35H2,1H3. The third kappa shape index (κ3) is 5.74. The van der Waals surface area contributed by atoms with Crippen molar-refractivity contribution < 1.29 is 0 Å². The Balaban J connectivity index is 1.09. The van der Waals surface area contributed by atoms with Crippen LogP contribution in [0.3, 0.4) is 0 Å². The van der Waals surface area contributed by atoms with Gasteiger partial charge in [0.05, 0.1) is 39.4 Å².